The Bertz CT molecular complexity index is 644. The fourth-order valence-electron chi connectivity index (χ4n) is 2.13. The third-order valence-corrected chi connectivity index (χ3v) is 3.35. The number of amides is 2. The molecule has 0 unspecified atom stereocenters. The van der Waals surface area contributed by atoms with Crippen molar-refractivity contribution in [2.45, 2.75) is 0 Å². The van der Waals surface area contributed by atoms with Gasteiger partial charge in [-0.15, -0.1) is 0 Å². The molecule has 0 aliphatic carbocycles. The lowest BCUT2D eigenvalue weighted by Gasteiger charge is -2.13. The molecule has 0 saturated heterocycles. The van der Waals surface area contributed by atoms with Crippen LogP contribution in [0.25, 0.3) is 5.57 Å². The van der Waals surface area contributed by atoms with Crippen molar-refractivity contribution in [3.05, 3.63) is 35.4 Å². The van der Waals surface area contributed by atoms with Gasteiger partial charge in [0.25, 0.3) is 11.8 Å². The summed E-state index contributed by atoms with van der Waals surface area (Å²) in [5, 5.41) is 0. The van der Waals surface area contributed by atoms with Crippen LogP contribution < -0.4 is 4.90 Å². The molecule has 2 rings (SSSR count). The van der Waals surface area contributed by atoms with E-state index in [1.54, 1.807) is 12.1 Å². The highest BCUT2D eigenvalue weighted by molar-refractivity contribution is 6.43. The molecule has 2 amide bonds. The molecule has 110 valence electrons. The van der Waals surface area contributed by atoms with E-state index in [9.17, 15) is 14.4 Å². The van der Waals surface area contributed by atoms with E-state index in [4.69, 9.17) is 0 Å². The normalized spacial score (nSPS) is 14.8. The predicted octanol–water partition coefficient (Wildman–Crippen LogP) is 0.678. The average Bonchev–Trinajstić information content (AvgIpc) is 2.71. The van der Waals surface area contributed by atoms with Gasteiger partial charge in [0.15, 0.2) is 0 Å². The van der Waals surface area contributed by atoms with Gasteiger partial charge in [-0.2, -0.15) is 0 Å². The minimum Gasteiger partial charge on any atom is -0.465 e. The first kappa shape index (κ1) is 14.8. The standard InChI is InChI=1S/C15H16N2O4/c1-16(2)10-7-5-9(6-8-10)11-12(15(20)21-4)14(19)17(3)13(11)18/h5-8H,1-4H3. The van der Waals surface area contributed by atoms with Crippen LogP contribution in [0.2, 0.25) is 0 Å². The molecule has 1 aromatic rings. The first-order chi connectivity index (χ1) is 9.88. The zero-order valence-electron chi connectivity index (χ0n) is 12.3. The summed E-state index contributed by atoms with van der Waals surface area (Å²) in [6, 6.07) is 7.04. The van der Waals surface area contributed by atoms with Crippen molar-refractivity contribution in [1.82, 2.24) is 4.90 Å². The molecule has 1 heterocycles. The van der Waals surface area contributed by atoms with Gasteiger partial charge in [0, 0.05) is 26.8 Å². The molecule has 0 bridgehead atoms. The topological polar surface area (TPSA) is 66.9 Å². The van der Waals surface area contributed by atoms with Crippen molar-refractivity contribution in [3.8, 4) is 0 Å². The smallest absolute Gasteiger partial charge is 0.344 e. The van der Waals surface area contributed by atoms with Crippen molar-refractivity contribution in [3.63, 3.8) is 0 Å². The highest BCUT2D eigenvalue weighted by Crippen LogP contribution is 2.30. The van der Waals surface area contributed by atoms with E-state index >= 15 is 0 Å². The fraction of sp³-hybridized carbons (Fsp3) is 0.267. The molecule has 21 heavy (non-hydrogen) atoms. The summed E-state index contributed by atoms with van der Waals surface area (Å²) < 4.78 is 4.61. The number of carbonyl (C=O) groups is 3. The lowest BCUT2D eigenvalue weighted by Crippen LogP contribution is -2.28. The van der Waals surface area contributed by atoms with E-state index in [0.29, 0.717) is 5.56 Å². The summed E-state index contributed by atoms with van der Waals surface area (Å²) in [6.07, 6.45) is 0. The number of benzene rings is 1. The number of hydrogen-bond donors (Lipinski definition) is 0. The minimum atomic E-state index is -0.801. The van der Waals surface area contributed by atoms with Gasteiger partial charge in [-0.05, 0) is 17.7 Å². The Balaban J connectivity index is 2.56. The number of rotatable bonds is 3. The van der Waals surface area contributed by atoms with Crippen LogP contribution in [0.5, 0.6) is 0 Å². The molecule has 0 aromatic heterocycles. The summed E-state index contributed by atoms with van der Waals surface area (Å²) in [5.41, 5.74) is 1.33. The molecule has 0 saturated carbocycles. The van der Waals surface area contributed by atoms with E-state index in [0.717, 1.165) is 10.6 Å². The van der Waals surface area contributed by atoms with E-state index in [2.05, 4.69) is 4.74 Å². The number of likely N-dealkylation sites (N-methyl/N-ethyl adjacent to an activating group) is 1. The molecule has 1 aliphatic heterocycles. The summed E-state index contributed by atoms with van der Waals surface area (Å²) >= 11 is 0. The summed E-state index contributed by atoms with van der Waals surface area (Å²) in [5.74, 6) is -1.94. The van der Waals surface area contributed by atoms with Crippen LogP contribution in [-0.4, -0.2) is 50.9 Å². The van der Waals surface area contributed by atoms with Crippen molar-refractivity contribution >= 4 is 29.0 Å². The lowest BCUT2D eigenvalue weighted by atomic mass is 10.0. The van der Waals surface area contributed by atoms with Gasteiger partial charge >= 0.3 is 5.97 Å². The molecular weight excluding hydrogens is 272 g/mol. The number of carbonyl (C=O) groups excluding carboxylic acids is 3. The molecule has 0 spiro atoms. The zero-order chi connectivity index (χ0) is 15.7. The van der Waals surface area contributed by atoms with Crippen LogP contribution in [-0.2, 0) is 19.1 Å². The Labute approximate surface area is 122 Å². The number of esters is 1. The van der Waals surface area contributed by atoms with Crippen molar-refractivity contribution < 1.29 is 19.1 Å². The van der Waals surface area contributed by atoms with Crippen LogP contribution in [0, 0.1) is 0 Å². The van der Waals surface area contributed by atoms with Gasteiger partial charge in [-0.3, -0.25) is 14.5 Å². The quantitative estimate of drug-likeness (QED) is 0.465. The van der Waals surface area contributed by atoms with E-state index < -0.39 is 17.8 Å². The van der Waals surface area contributed by atoms with Crippen molar-refractivity contribution in [2.75, 3.05) is 33.2 Å². The maximum absolute atomic E-state index is 12.2. The maximum atomic E-state index is 12.2. The third-order valence-electron chi connectivity index (χ3n) is 3.35. The molecule has 0 N–H and O–H groups in total. The highest BCUT2D eigenvalue weighted by Gasteiger charge is 2.40. The van der Waals surface area contributed by atoms with Gasteiger partial charge < -0.3 is 9.64 Å². The third kappa shape index (κ3) is 2.40. The number of methoxy groups -OCH3 is 1. The largest absolute Gasteiger partial charge is 0.465 e. The number of imide groups is 1. The first-order valence-electron chi connectivity index (χ1n) is 6.31. The molecule has 0 atom stereocenters. The van der Waals surface area contributed by atoms with Gasteiger partial charge in [-0.1, -0.05) is 12.1 Å². The lowest BCUT2D eigenvalue weighted by molar-refractivity contribution is -0.140. The second-order valence-corrected chi connectivity index (χ2v) is 4.85. The molecule has 0 radical (unpaired) electrons. The molecular formula is C15H16N2O4. The average molecular weight is 288 g/mol. The fourth-order valence-corrected chi connectivity index (χ4v) is 2.13. The van der Waals surface area contributed by atoms with Crippen LogP contribution in [0.1, 0.15) is 5.56 Å². The molecule has 6 heteroatoms. The predicted molar refractivity (Wildman–Crippen MR) is 77.5 cm³/mol. The Kier molecular flexibility index (Phi) is 3.80. The van der Waals surface area contributed by atoms with E-state index in [1.165, 1.54) is 14.2 Å². The highest BCUT2D eigenvalue weighted by atomic mass is 16.5. The van der Waals surface area contributed by atoms with Crippen molar-refractivity contribution in [2.24, 2.45) is 0 Å². The summed E-state index contributed by atoms with van der Waals surface area (Å²) in [6.45, 7) is 0. The van der Waals surface area contributed by atoms with Gasteiger partial charge in [0.2, 0.25) is 0 Å². The Morgan fingerprint density at radius 1 is 1.10 bits per heavy atom. The van der Waals surface area contributed by atoms with Crippen LogP contribution >= 0.6 is 0 Å². The second-order valence-electron chi connectivity index (χ2n) is 4.85. The van der Waals surface area contributed by atoms with Crippen LogP contribution in [0.4, 0.5) is 5.69 Å². The summed E-state index contributed by atoms with van der Waals surface area (Å²) in [4.78, 5) is 38.8. The number of nitrogens with zero attached hydrogens (tertiary/aromatic N) is 2. The SMILES string of the molecule is COC(=O)C1=C(c2ccc(N(C)C)cc2)C(=O)N(C)C1=O. The second kappa shape index (κ2) is 5.40. The monoisotopic (exact) mass is 288 g/mol. The summed E-state index contributed by atoms with van der Waals surface area (Å²) in [7, 11) is 6.31. The number of anilines is 1. The number of hydrogen-bond acceptors (Lipinski definition) is 5. The molecule has 0 fully saturated rings. The minimum absolute atomic E-state index is 0.0830. The Morgan fingerprint density at radius 2 is 1.67 bits per heavy atom. The first-order valence-corrected chi connectivity index (χ1v) is 6.31. The maximum Gasteiger partial charge on any atom is 0.344 e. The van der Waals surface area contributed by atoms with E-state index in [1.807, 2.05) is 31.1 Å². The van der Waals surface area contributed by atoms with Crippen LogP contribution in [0.15, 0.2) is 29.8 Å². The van der Waals surface area contributed by atoms with E-state index in [-0.39, 0.29) is 11.1 Å². The molecule has 1 aromatic carbocycles. The molecule has 1 aliphatic rings. The van der Waals surface area contributed by atoms with Crippen molar-refractivity contribution in [1.29, 1.82) is 0 Å². The van der Waals surface area contributed by atoms with Crippen LogP contribution in [0.3, 0.4) is 0 Å². The van der Waals surface area contributed by atoms with Gasteiger partial charge in [-0.25, -0.2) is 4.79 Å². The zero-order valence-corrected chi connectivity index (χ0v) is 12.3. The Hall–Kier alpha value is -2.63. The molecule has 6 nitrogen and oxygen atoms in total. The Morgan fingerprint density at radius 3 is 2.14 bits per heavy atom. The number of ether oxygens (including phenoxy) is 1. The van der Waals surface area contributed by atoms with Gasteiger partial charge in [0.1, 0.15) is 5.57 Å². The van der Waals surface area contributed by atoms with Gasteiger partial charge in [0.05, 0.1) is 12.7 Å².